The van der Waals surface area contributed by atoms with E-state index in [1.54, 1.807) is 12.1 Å². The molecule has 0 saturated carbocycles. The lowest BCUT2D eigenvalue weighted by Gasteiger charge is -2.19. The van der Waals surface area contributed by atoms with Gasteiger partial charge in [0, 0.05) is 5.56 Å². The number of hydrogen-bond donors (Lipinski definition) is 0. The number of hydrogen-bond acceptors (Lipinski definition) is 2. The molecule has 2 nitrogen and oxygen atoms in total. The van der Waals surface area contributed by atoms with Gasteiger partial charge in [-0.1, -0.05) is 61.0 Å². The average molecular weight is 361 g/mol. The van der Waals surface area contributed by atoms with Crippen LogP contribution in [0.4, 0.5) is 0 Å². The first-order chi connectivity index (χ1) is 10.4. The number of carbonyl (C=O) groups is 1. The first-order valence-electron chi connectivity index (χ1n) is 7.31. The molecule has 0 aliphatic carbocycles. The second-order valence-electron chi connectivity index (χ2n) is 6.32. The Hall–Kier alpha value is -1.61. The van der Waals surface area contributed by atoms with E-state index < -0.39 is 0 Å². The van der Waals surface area contributed by atoms with Crippen LogP contribution >= 0.6 is 15.9 Å². The SMILES string of the molecule is CC(C)(C)c1ccc(COc2ccc(C(=O)CBr)cc2)cc1. The van der Waals surface area contributed by atoms with E-state index in [4.69, 9.17) is 4.74 Å². The summed E-state index contributed by atoms with van der Waals surface area (Å²) in [6.45, 7) is 7.13. The molecule has 0 radical (unpaired) electrons. The Balaban J connectivity index is 1.97. The fraction of sp³-hybridized carbons (Fsp3) is 0.316. The Kier molecular flexibility index (Phi) is 5.41. The normalized spacial score (nSPS) is 11.3. The van der Waals surface area contributed by atoms with Gasteiger partial charge in [-0.2, -0.15) is 0 Å². The summed E-state index contributed by atoms with van der Waals surface area (Å²) in [5, 5.41) is 0.341. The highest BCUT2D eigenvalue weighted by Gasteiger charge is 2.12. The maximum absolute atomic E-state index is 11.5. The molecule has 0 fully saturated rings. The molecule has 0 atom stereocenters. The summed E-state index contributed by atoms with van der Waals surface area (Å²) >= 11 is 3.17. The van der Waals surface area contributed by atoms with Gasteiger partial charge in [0.15, 0.2) is 5.78 Å². The lowest BCUT2D eigenvalue weighted by molar-refractivity contribution is 0.102. The standard InChI is InChI=1S/C19H21BrO2/c1-19(2,3)16-8-4-14(5-9-16)13-22-17-10-6-15(7-11-17)18(21)12-20/h4-11H,12-13H2,1-3H3. The Bertz CT molecular complexity index is 622. The van der Waals surface area contributed by atoms with Crippen LogP contribution in [-0.4, -0.2) is 11.1 Å². The van der Waals surface area contributed by atoms with Gasteiger partial charge in [-0.25, -0.2) is 0 Å². The van der Waals surface area contributed by atoms with Crippen LogP contribution in [0, 0.1) is 0 Å². The van der Waals surface area contributed by atoms with E-state index in [2.05, 4.69) is 61.0 Å². The summed E-state index contributed by atoms with van der Waals surface area (Å²) in [7, 11) is 0. The number of carbonyl (C=O) groups excluding carboxylic acids is 1. The summed E-state index contributed by atoms with van der Waals surface area (Å²) in [5.41, 5.74) is 3.30. The number of alkyl halides is 1. The molecule has 0 heterocycles. The molecule has 0 aliphatic rings. The molecule has 0 aromatic heterocycles. The molecule has 0 amide bonds. The molecule has 0 bridgehead atoms. The van der Waals surface area contributed by atoms with Gasteiger partial charge < -0.3 is 4.74 Å². The van der Waals surface area contributed by atoms with Crippen molar-refractivity contribution in [3.63, 3.8) is 0 Å². The van der Waals surface area contributed by atoms with Gasteiger partial charge in [-0.3, -0.25) is 4.79 Å². The minimum atomic E-state index is 0.0734. The van der Waals surface area contributed by atoms with Crippen molar-refractivity contribution in [3.05, 3.63) is 65.2 Å². The highest BCUT2D eigenvalue weighted by molar-refractivity contribution is 9.09. The first kappa shape index (κ1) is 16.8. The molecule has 0 aliphatic heterocycles. The summed E-state index contributed by atoms with van der Waals surface area (Å²) in [4.78, 5) is 11.5. The van der Waals surface area contributed by atoms with Crippen LogP contribution in [-0.2, 0) is 12.0 Å². The van der Waals surface area contributed by atoms with Crippen molar-refractivity contribution in [1.82, 2.24) is 0 Å². The van der Waals surface area contributed by atoms with Crippen molar-refractivity contribution in [1.29, 1.82) is 0 Å². The van der Waals surface area contributed by atoms with Crippen molar-refractivity contribution in [2.75, 3.05) is 5.33 Å². The van der Waals surface area contributed by atoms with Crippen LogP contribution < -0.4 is 4.74 Å². The molecule has 0 unspecified atom stereocenters. The summed E-state index contributed by atoms with van der Waals surface area (Å²) in [5.74, 6) is 0.843. The highest BCUT2D eigenvalue weighted by Crippen LogP contribution is 2.22. The molecule has 22 heavy (non-hydrogen) atoms. The molecule has 0 N–H and O–H groups in total. The van der Waals surface area contributed by atoms with E-state index in [1.165, 1.54) is 5.56 Å². The molecular weight excluding hydrogens is 340 g/mol. The Labute approximate surface area is 140 Å². The molecule has 2 rings (SSSR count). The Morgan fingerprint density at radius 3 is 2.09 bits per heavy atom. The maximum atomic E-state index is 11.5. The summed E-state index contributed by atoms with van der Waals surface area (Å²) in [6.07, 6.45) is 0. The zero-order valence-corrected chi connectivity index (χ0v) is 14.8. The Morgan fingerprint density at radius 2 is 1.59 bits per heavy atom. The van der Waals surface area contributed by atoms with Crippen LogP contribution in [0.2, 0.25) is 0 Å². The lowest BCUT2D eigenvalue weighted by atomic mass is 9.87. The van der Waals surface area contributed by atoms with Gasteiger partial charge in [0.1, 0.15) is 12.4 Å². The zero-order valence-electron chi connectivity index (χ0n) is 13.2. The monoisotopic (exact) mass is 360 g/mol. The van der Waals surface area contributed by atoms with E-state index >= 15 is 0 Å². The van der Waals surface area contributed by atoms with Crippen molar-refractivity contribution >= 4 is 21.7 Å². The third-order valence-corrected chi connectivity index (χ3v) is 4.03. The topological polar surface area (TPSA) is 26.3 Å². The number of halogens is 1. The van der Waals surface area contributed by atoms with E-state index in [1.807, 2.05) is 12.1 Å². The fourth-order valence-electron chi connectivity index (χ4n) is 2.08. The number of ether oxygens (including phenoxy) is 1. The van der Waals surface area contributed by atoms with Crippen LogP contribution in [0.25, 0.3) is 0 Å². The van der Waals surface area contributed by atoms with Gasteiger partial charge in [0.25, 0.3) is 0 Å². The maximum Gasteiger partial charge on any atom is 0.173 e. The van der Waals surface area contributed by atoms with Crippen molar-refractivity contribution in [3.8, 4) is 5.75 Å². The molecule has 2 aromatic rings. The summed E-state index contributed by atoms with van der Waals surface area (Å²) < 4.78 is 5.76. The van der Waals surface area contributed by atoms with Gasteiger partial charge >= 0.3 is 0 Å². The van der Waals surface area contributed by atoms with Crippen molar-refractivity contribution in [2.24, 2.45) is 0 Å². The highest BCUT2D eigenvalue weighted by atomic mass is 79.9. The van der Waals surface area contributed by atoms with Crippen LogP contribution in [0.15, 0.2) is 48.5 Å². The molecule has 0 spiro atoms. The molecule has 2 aromatic carbocycles. The van der Waals surface area contributed by atoms with E-state index in [0.717, 1.165) is 11.3 Å². The molecular formula is C19H21BrO2. The third kappa shape index (κ3) is 4.44. The Morgan fingerprint density at radius 1 is 1.00 bits per heavy atom. The lowest BCUT2D eigenvalue weighted by Crippen LogP contribution is -2.10. The minimum Gasteiger partial charge on any atom is -0.489 e. The van der Waals surface area contributed by atoms with Gasteiger partial charge in [-0.15, -0.1) is 0 Å². The number of ketones is 1. The number of Topliss-reactive ketones (excluding diaryl/α,β-unsaturated/α-hetero) is 1. The average Bonchev–Trinajstić information content (AvgIpc) is 2.52. The zero-order chi connectivity index (χ0) is 16.2. The van der Waals surface area contributed by atoms with Gasteiger partial charge in [0.2, 0.25) is 0 Å². The molecule has 3 heteroatoms. The number of rotatable bonds is 5. The van der Waals surface area contributed by atoms with Crippen LogP contribution in [0.1, 0.15) is 42.3 Å². The van der Waals surface area contributed by atoms with Crippen molar-refractivity contribution in [2.45, 2.75) is 32.8 Å². The largest absolute Gasteiger partial charge is 0.489 e. The quantitative estimate of drug-likeness (QED) is 0.544. The second-order valence-corrected chi connectivity index (χ2v) is 6.88. The fourth-order valence-corrected chi connectivity index (χ4v) is 2.41. The predicted octanol–water partition coefficient (Wildman–Crippen LogP) is 5.14. The predicted molar refractivity (Wildman–Crippen MR) is 94.0 cm³/mol. The van der Waals surface area contributed by atoms with Crippen molar-refractivity contribution < 1.29 is 9.53 Å². The molecule has 0 saturated heterocycles. The van der Waals surface area contributed by atoms with E-state index in [-0.39, 0.29) is 11.2 Å². The second kappa shape index (κ2) is 7.10. The van der Waals surface area contributed by atoms with E-state index in [0.29, 0.717) is 17.5 Å². The van der Waals surface area contributed by atoms with E-state index in [9.17, 15) is 4.79 Å². The third-order valence-electron chi connectivity index (χ3n) is 3.52. The van der Waals surface area contributed by atoms with Gasteiger partial charge in [0.05, 0.1) is 5.33 Å². The van der Waals surface area contributed by atoms with Crippen LogP contribution in [0.5, 0.6) is 5.75 Å². The van der Waals surface area contributed by atoms with Gasteiger partial charge in [-0.05, 0) is 40.8 Å². The summed E-state index contributed by atoms with van der Waals surface area (Å²) in [6, 6.07) is 15.8. The smallest absolute Gasteiger partial charge is 0.173 e. The first-order valence-corrected chi connectivity index (χ1v) is 8.44. The van der Waals surface area contributed by atoms with Crippen LogP contribution in [0.3, 0.4) is 0 Å². The molecule has 116 valence electrons. The number of benzene rings is 2. The minimum absolute atomic E-state index is 0.0734.